The number of rotatable bonds is 3. The van der Waals surface area contributed by atoms with E-state index >= 15 is 0 Å². The van der Waals surface area contributed by atoms with E-state index < -0.39 is 28.9 Å². The molecule has 1 unspecified atom stereocenters. The summed E-state index contributed by atoms with van der Waals surface area (Å²) in [5.41, 5.74) is -2.26. The molecule has 3 rings (SSSR count). The van der Waals surface area contributed by atoms with Gasteiger partial charge in [-0.25, -0.2) is 8.78 Å². The normalized spacial score (nSPS) is 21.3. The fourth-order valence-corrected chi connectivity index (χ4v) is 2.26. The summed E-state index contributed by atoms with van der Waals surface area (Å²) < 4.78 is 61.0. The van der Waals surface area contributed by atoms with E-state index in [2.05, 4.69) is 4.98 Å². The van der Waals surface area contributed by atoms with Crippen LogP contribution in [-0.4, -0.2) is 19.4 Å². The summed E-state index contributed by atoms with van der Waals surface area (Å²) >= 11 is 0. The van der Waals surface area contributed by atoms with E-state index in [4.69, 9.17) is 4.74 Å². The smallest absolute Gasteiger partial charge is 0.324 e. The van der Waals surface area contributed by atoms with E-state index in [1.54, 1.807) is 7.85 Å². The van der Waals surface area contributed by atoms with Gasteiger partial charge in [0.15, 0.2) is 5.60 Å². The molecule has 1 saturated heterocycles. The number of hydrogen-bond donors (Lipinski definition) is 0. The lowest BCUT2D eigenvalue weighted by molar-refractivity contribution is -0.0901. The number of aromatic nitrogens is 1. The molecule has 2 nitrogen and oxygen atoms in total. The van der Waals surface area contributed by atoms with E-state index in [1.165, 1.54) is 18.3 Å². The topological polar surface area (TPSA) is 25.4 Å². The van der Waals surface area contributed by atoms with Gasteiger partial charge in [0.25, 0.3) is 0 Å². The Balaban J connectivity index is 2.06. The zero-order chi connectivity index (χ0) is 15.3. The molecular weight excluding hydrogens is 285 g/mol. The second-order valence-corrected chi connectivity index (χ2v) is 5.04. The van der Waals surface area contributed by atoms with Crippen molar-refractivity contribution in [2.75, 3.05) is 6.61 Å². The third kappa shape index (κ3) is 2.12. The van der Waals surface area contributed by atoms with Crippen molar-refractivity contribution < 1.29 is 22.3 Å². The van der Waals surface area contributed by atoms with Crippen molar-refractivity contribution in [3.05, 3.63) is 59.4 Å². The summed E-state index contributed by atoms with van der Waals surface area (Å²) in [5.74, 6) is -5.40. The summed E-state index contributed by atoms with van der Waals surface area (Å²) in [6.45, 7) is -0.349. The number of ether oxygens (including phenoxy) is 1. The van der Waals surface area contributed by atoms with Crippen molar-refractivity contribution in [3.63, 3.8) is 0 Å². The molecule has 0 aliphatic carbocycles. The molecule has 7 heteroatoms. The van der Waals surface area contributed by atoms with Crippen LogP contribution in [0.25, 0.3) is 0 Å². The first-order chi connectivity index (χ1) is 9.87. The lowest BCUT2D eigenvalue weighted by Gasteiger charge is -2.24. The molecule has 1 atom stereocenters. The van der Waals surface area contributed by atoms with Crippen molar-refractivity contribution in [1.82, 2.24) is 4.98 Å². The number of epoxide rings is 1. The van der Waals surface area contributed by atoms with Crippen LogP contribution in [0.3, 0.4) is 0 Å². The fraction of sp³-hybridized carbons (Fsp3) is 0.214. The first-order valence-corrected chi connectivity index (χ1v) is 6.27. The van der Waals surface area contributed by atoms with Gasteiger partial charge in [-0.1, -0.05) is 11.5 Å². The third-order valence-corrected chi connectivity index (χ3v) is 3.54. The van der Waals surface area contributed by atoms with Gasteiger partial charge in [-0.2, -0.15) is 8.78 Å². The Morgan fingerprint density at radius 3 is 2.43 bits per heavy atom. The van der Waals surface area contributed by atoms with Gasteiger partial charge in [-0.05, 0) is 18.2 Å². The predicted octanol–water partition coefficient (Wildman–Crippen LogP) is 1.64. The van der Waals surface area contributed by atoms with Crippen LogP contribution in [0.5, 0.6) is 0 Å². The van der Waals surface area contributed by atoms with Gasteiger partial charge in [0.1, 0.15) is 25.2 Å². The molecule has 1 fully saturated rings. The van der Waals surface area contributed by atoms with Crippen molar-refractivity contribution in [2.24, 2.45) is 0 Å². The Morgan fingerprint density at radius 1 is 1.19 bits per heavy atom. The van der Waals surface area contributed by atoms with Gasteiger partial charge in [0.05, 0.1) is 6.61 Å². The zero-order valence-electron chi connectivity index (χ0n) is 11.0. The molecule has 1 aromatic heterocycles. The molecule has 2 aromatic rings. The highest BCUT2D eigenvalue weighted by molar-refractivity contribution is 6.32. The Kier molecular flexibility index (Phi) is 3.05. The average molecular weight is 295 g/mol. The maximum absolute atomic E-state index is 14.6. The van der Waals surface area contributed by atoms with Gasteiger partial charge in [0, 0.05) is 17.8 Å². The van der Waals surface area contributed by atoms with Gasteiger partial charge in [-0.3, -0.25) is 4.98 Å². The fourth-order valence-electron chi connectivity index (χ4n) is 2.26. The SMILES string of the molecule is Bc1ccc(C(F)(F)C2(c3ccc(F)cc3F)CO2)nc1. The first-order valence-electron chi connectivity index (χ1n) is 6.27. The van der Waals surface area contributed by atoms with Crippen LogP contribution < -0.4 is 5.46 Å². The number of halogens is 4. The van der Waals surface area contributed by atoms with Gasteiger partial charge < -0.3 is 4.74 Å². The molecular formula is C14H10BF4NO. The summed E-state index contributed by atoms with van der Waals surface area (Å²) in [5, 5.41) is 0. The molecule has 2 heterocycles. The van der Waals surface area contributed by atoms with Crippen LogP contribution >= 0.6 is 0 Å². The molecule has 0 bridgehead atoms. The Hall–Kier alpha value is -1.89. The van der Waals surface area contributed by atoms with E-state index in [9.17, 15) is 17.6 Å². The Bertz CT molecular complexity index is 686. The second kappa shape index (κ2) is 4.56. The predicted molar refractivity (Wildman–Crippen MR) is 70.3 cm³/mol. The van der Waals surface area contributed by atoms with Gasteiger partial charge in [-0.15, -0.1) is 0 Å². The molecule has 1 aliphatic rings. The number of alkyl halides is 2. The van der Waals surface area contributed by atoms with E-state index in [-0.39, 0.29) is 12.2 Å². The molecule has 1 aliphatic heterocycles. The Labute approximate surface area is 119 Å². The lowest BCUT2D eigenvalue weighted by atomic mass is 9.89. The van der Waals surface area contributed by atoms with Gasteiger partial charge >= 0.3 is 5.92 Å². The van der Waals surface area contributed by atoms with Crippen molar-refractivity contribution in [1.29, 1.82) is 0 Å². The molecule has 0 saturated carbocycles. The highest BCUT2D eigenvalue weighted by Crippen LogP contribution is 2.56. The highest BCUT2D eigenvalue weighted by atomic mass is 19.3. The summed E-state index contributed by atoms with van der Waals surface area (Å²) in [7, 11) is 1.72. The van der Waals surface area contributed by atoms with Crippen molar-refractivity contribution >= 4 is 13.3 Å². The van der Waals surface area contributed by atoms with E-state index in [0.29, 0.717) is 6.07 Å². The molecule has 0 radical (unpaired) electrons. The minimum atomic E-state index is -3.51. The second-order valence-electron chi connectivity index (χ2n) is 5.04. The Morgan fingerprint density at radius 2 is 1.90 bits per heavy atom. The quantitative estimate of drug-likeness (QED) is 0.488. The third-order valence-electron chi connectivity index (χ3n) is 3.54. The van der Waals surface area contributed by atoms with Crippen LogP contribution in [0.4, 0.5) is 17.6 Å². The maximum atomic E-state index is 14.6. The largest absolute Gasteiger partial charge is 0.357 e. The standard InChI is InChI=1S/C14H10BF4NO/c15-8-1-4-12(20-6-8)14(18,19)13(7-21-13)10-3-2-9(16)5-11(10)17/h1-6H,7,15H2. The molecule has 0 N–H and O–H groups in total. The summed E-state index contributed by atoms with van der Waals surface area (Å²) in [6, 6.07) is 5.16. The molecule has 1 aromatic carbocycles. The maximum Gasteiger partial charge on any atom is 0.324 e. The van der Waals surface area contributed by atoms with Crippen LogP contribution in [0.15, 0.2) is 36.5 Å². The minimum Gasteiger partial charge on any atom is -0.357 e. The van der Waals surface area contributed by atoms with Crippen LogP contribution in [0.2, 0.25) is 0 Å². The monoisotopic (exact) mass is 295 g/mol. The summed E-state index contributed by atoms with van der Waals surface area (Å²) in [4.78, 5) is 3.70. The number of nitrogens with zero attached hydrogens (tertiary/aromatic N) is 1. The number of benzene rings is 1. The molecule has 108 valence electrons. The lowest BCUT2D eigenvalue weighted by Crippen LogP contribution is -2.34. The van der Waals surface area contributed by atoms with Crippen molar-refractivity contribution in [2.45, 2.75) is 11.5 Å². The molecule has 21 heavy (non-hydrogen) atoms. The van der Waals surface area contributed by atoms with Crippen molar-refractivity contribution in [3.8, 4) is 0 Å². The highest BCUT2D eigenvalue weighted by Gasteiger charge is 2.68. The average Bonchev–Trinajstić information content (AvgIpc) is 3.21. The van der Waals surface area contributed by atoms with Crippen LogP contribution in [0, 0.1) is 11.6 Å². The number of pyridine rings is 1. The number of hydrogen-bond acceptors (Lipinski definition) is 2. The van der Waals surface area contributed by atoms with E-state index in [1.807, 2.05) is 0 Å². The summed E-state index contributed by atoms with van der Waals surface area (Å²) in [6.07, 6.45) is 1.31. The first kappa shape index (κ1) is 14.1. The van der Waals surface area contributed by atoms with E-state index in [0.717, 1.165) is 17.6 Å². The van der Waals surface area contributed by atoms with Crippen LogP contribution in [-0.2, 0) is 16.3 Å². The van der Waals surface area contributed by atoms with Gasteiger partial charge in [0.2, 0.25) is 0 Å². The molecule has 0 amide bonds. The van der Waals surface area contributed by atoms with Crippen LogP contribution in [0.1, 0.15) is 11.3 Å². The molecule has 0 spiro atoms. The zero-order valence-corrected chi connectivity index (χ0v) is 11.0. The minimum absolute atomic E-state index is 0.349.